The third kappa shape index (κ3) is 25.4. The summed E-state index contributed by atoms with van der Waals surface area (Å²) in [6.45, 7) is 14.2. The van der Waals surface area contributed by atoms with Crippen LogP contribution in [0.4, 0.5) is 5.69 Å². The number of amides is 4. The molecule has 69 heavy (non-hydrogen) atoms. The molecule has 1 heterocycles. The van der Waals surface area contributed by atoms with Gasteiger partial charge in [-0.05, 0) is 62.6 Å². The second-order valence-electron chi connectivity index (χ2n) is 18.0. The minimum Gasteiger partial charge on any atom is -0.480 e. The number of carbonyl (C=O) groups is 7. The number of aliphatic carboxylic acids is 3. The van der Waals surface area contributed by atoms with Crippen molar-refractivity contribution >= 4 is 86.1 Å². The molecule has 0 spiro atoms. The first-order valence-electron chi connectivity index (χ1n) is 23.3. The second-order valence-corrected chi connectivity index (χ2v) is 21.1. The summed E-state index contributed by atoms with van der Waals surface area (Å²) >= 11 is 5.49. The highest BCUT2D eigenvalue weighted by molar-refractivity contribution is 8.76. The number of thiocarbonyl (C=S) groups is 1. The SMILES string of the molecule is CCN1CCN(CC(=O)O)CCN(CC(=O)O)C(Cc2ccc(NC(=S)NCCSSCCNC(=O)CNC(=O)CNC(=O)C(C)(C)CC(C)(CC)C(=O)NCC(C)O)cc2)CN(CC(=O)O)CC1. The summed E-state index contributed by atoms with van der Waals surface area (Å²) in [6.07, 6.45) is 0.414. The number of benzene rings is 1. The Bertz CT molecular complexity index is 1830. The Hall–Kier alpha value is -4.30. The summed E-state index contributed by atoms with van der Waals surface area (Å²) in [4.78, 5) is 93.7. The lowest BCUT2D eigenvalue weighted by molar-refractivity contribution is -0.141. The molecule has 0 bridgehead atoms. The number of carboxylic acids is 3. The number of likely N-dealkylation sites (N-methyl/N-ethyl adjacent to an activating group) is 1. The van der Waals surface area contributed by atoms with Crippen LogP contribution in [0.25, 0.3) is 0 Å². The lowest BCUT2D eigenvalue weighted by Crippen LogP contribution is -2.53. The molecule has 1 aromatic rings. The quantitative estimate of drug-likeness (QED) is 0.0310. The van der Waals surface area contributed by atoms with Gasteiger partial charge in [0, 0.05) is 99.5 Å². The highest BCUT2D eigenvalue weighted by Crippen LogP contribution is 2.37. The molecule has 21 nitrogen and oxygen atoms in total. The summed E-state index contributed by atoms with van der Waals surface area (Å²) in [5, 5.41) is 56.0. The van der Waals surface area contributed by atoms with Crippen molar-refractivity contribution in [2.45, 2.75) is 73.0 Å². The number of anilines is 1. The van der Waals surface area contributed by atoms with Crippen LogP contribution in [0.5, 0.6) is 0 Å². The van der Waals surface area contributed by atoms with Gasteiger partial charge in [0.2, 0.25) is 23.6 Å². The molecular formula is C45H76N10O11S3. The Kier molecular flexibility index (Phi) is 28.1. The van der Waals surface area contributed by atoms with E-state index in [2.05, 4.69) is 36.8 Å². The average Bonchev–Trinajstić information content (AvgIpc) is 3.27. The van der Waals surface area contributed by atoms with Crippen LogP contribution in [0.15, 0.2) is 24.3 Å². The maximum atomic E-state index is 13.0. The van der Waals surface area contributed by atoms with E-state index in [0.29, 0.717) is 81.8 Å². The molecule has 3 unspecified atom stereocenters. The van der Waals surface area contributed by atoms with Crippen molar-refractivity contribution < 1.29 is 54.0 Å². The van der Waals surface area contributed by atoms with E-state index in [9.17, 15) is 54.0 Å². The minimum absolute atomic E-state index is 0.105. The van der Waals surface area contributed by atoms with Crippen LogP contribution in [0, 0.1) is 10.8 Å². The summed E-state index contributed by atoms with van der Waals surface area (Å²) in [5.74, 6) is -3.21. The number of hydrogen-bond acceptors (Lipinski definition) is 15. The van der Waals surface area contributed by atoms with Gasteiger partial charge in [-0.25, -0.2) is 0 Å². The van der Waals surface area contributed by atoms with Crippen LogP contribution in [0.2, 0.25) is 0 Å². The molecule has 1 aliphatic rings. The van der Waals surface area contributed by atoms with Gasteiger partial charge in [-0.1, -0.05) is 68.3 Å². The van der Waals surface area contributed by atoms with E-state index in [1.54, 1.807) is 54.2 Å². The Morgan fingerprint density at radius 3 is 1.83 bits per heavy atom. The molecule has 390 valence electrons. The standard InChI is InChI=1S/C45H76N10O11S3/c1-7-45(6,42(66)49-24-32(3)56)31-44(4,5)41(65)50-26-37(58)48-25-36(57)46-13-21-68-69-22-14-47-43(67)51-34-11-9-33(10-12-34)23-35-27-54(29-39(61)62)18-16-52(8-2)15-17-53(28-38(59)60)19-20-55(35)30-40(63)64/h9-12,32,35,56H,7-8,13-31H2,1-6H3,(H,46,57)(H,48,58)(H,49,66)(H,50,65)(H,59,60)(H,61,62)(H,63,64)(H2,47,51,67). The zero-order chi connectivity index (χ0) is 51.6. The molecule has 3 atom stereocenters. The smallest absolute Gasteiger partial charge is 0.317 e. The fourth-order valence-electron chi connectivity index (χ4n) is 7.63. The number of nitrogens with one attached hydrogen (secondary N) is 6. The lowest BCUT2D eigenvalue weighted by atomic mass is 9.71. The molecular weight excluding hydrogens is 953 g/mol. The van der Waals surface area contributed by atoms with Crippen molar-refractivity contribution in [1.29, 1.82) is 0 Å². The fourth-order valence-corrected chi connectivity index (χ4v) is 9.66. The van der Waals surface area contributed by atoms with Gasteiger partial charge in [-0.3, -0.25) is 48.3 Å². The fraction of sp³-hybridized carbons (Fsp3) is 0.689. The molecule has 4 amide bonds. The number of nitrogens with zero attached hydrogens (tertiary/aromatic N) is 4. The number of aliphatic hydroxyl groups excluding tert-OH is 1. The number of hydrogen-bond donors (Lipinski definition) is 10. The summed E-state index contributed by atoms with van der Waals surface area (Å²) < 4.78 is 0. The Morgan fingerprint density at radius 1 is 0.710 bits per heavy atom. The molecule has 0 aromatic heterocycles. The van der Waals surface area contributed by atoms with Gasteiger partial charge in [0.25, 0.3) is 0 Å². The molecule has 1 aromatic carbocycles. The first-order valence-corrected chi connectivity index (χ1v) is 26.2. The zero-order valence-electron chi connectivity index (χ0n) is 41.0. The van der Waals surface area contributed by atoms with Gasteiger partial charge in [-0.15, -0.1) is 0 Å². The minimum atomic E-state index is -1.03. The van der Waals surface area contributed by atoms with Gasteiger partial charge in [-0.2, -0.15) is 0 Å². The van der Waals surface area contributed by atoms with Gasteiger partial charge >= 0.3 is 17.9 Å². The van der Waals surface area contributed by atoms with Gasteiger partial charge in [0.1, 0.15) is 0 Å². The van der Waals surface area contributed by atoms with Crippen molar-refractivity contribution in [3.05, 3.63) is 29.8 Å². The van der Waals surface area contributed by atoms with Gasteiger partial charge in [0.15, 0.2) is 5.11 Å². The van der Waals surface area contributed by atoms with Crippen LogP contribution >= 0.6 is 33.8 Å². The van der Waals surface area contributed by atoms with Crippen molar-refractivity contribution in [3.63, 3.8) is 0 Å². The number of carboxylic acid groups (broad SMARTS) is 3. The second kappa shape index (κ2) is 31.8. The molecule has 0 aliphatic carbocycles. The van der Waals surface area contributed by atoms with Crippen molar-refractivity contribution in [3.8, 4) is 0 Å². The summed E-state index contributed by atoms with van der Waals surface area (Å²) in [5.41, 5.74) is -0.199. The van der Waals surface area contributed by atoms with Crippen LogP contribution in [-0.4, -0.2) is 215 Å². The van der Waals surface area contributed by atoms with E-state index in [0.717, 1.165) is 17.8 Å². The van der Waals surface area contributed by atoms with Crippen molar-refractivity contribution in [1.82, 2.24) is 46.2 Å². The van der Waals surface area contributed by atoms with E-state index < -0.39 is 46.7 Å². The predicted molar refractivity (Wildman–Crippen MR) is 273 cm³/mol. The molecule has 10 N–H and O–H groups in total. The Morgan fingerprint density at radius 2 is 1.25 bits per heavy atom. The number of rotatable bonds is 28. The first kappa shape index (κ1) is 60.8. The Labute approximate surface area is 419 Å². The zero-order valence-corrected chi connectivity index (χ0v) is 43.4. The van der Waals surface area contributed by atoms with Crippen LogP contribution in [-0.2, 0) is 40.0 Å². The highest BCUT2D eigenvalue weighted by atomic mass is 33.1. The first-order chi connectivity index (χ1) is 32.5. The van der Waals surface area contributed by atoms with Crippen molar-refractivity contribution in [2.24, 2.45) is 10.8 Å². The maximum absolute atomic E-state index is 13.0. The highest BCUT2D eigenvalue weighted by Gasteiger charge is 2.41. The predicted octanol–water partition coefficient (Wildman–Crippen LogP) is 0.439. The monoisotopic (exact) mass is 1030 g/mol. The molecule has 1 aliphatic heterocycles. The Balaban J connectivity index is 1.78. The third-order valence-electron chi connectivity index (χ3n) is 11.6. The molecule has 0 radical (unpaired) electrons. The van der Waals surface area contributed by atoms with Crippen LogP contribution in [0.3, 0.4) is 0 Å². The third-order valence-corrected chi connectivity index (χ3v) is 14.2. The largest absolute Gasteiger partial charge is 0.480 e. The lowest BCUT2D eigenvalue weighted by Gasteiger charge is -2.37. The molecule has 0 saturated carbocycles. The summed E-state index contributed by atoms with van der Waals surface area (Å²) in [7, 11) is 3.16. The topological polar surface area (TPSA) is 286 Å². The van der Waals surface area contributed by atoms with Crippen molar-refractivity contribution in [2.75, 3.05) is 122 Å². The van der Waals surface area contributed by atoms with Crippen LogP contribution < -0.4 is 31.9 Å². The van der Waals surface area contributed by atoms with E-state index in [4.69, 9.17) is 12.2 Å². The van der Waals surface area contributed by atoms with Gasteiger partial charge < -0.3 is 57.2 Å². The molecule has 24 heteroatoms. The summed E-state index contributed by atoms with van der Waals surface area (Å²) in [6, 6.07) is 7.17. The molecule has 2 rings (SSSR count). The molecule has 1 fully saturated rings. The van der Waals surface area contributed by atoms with Gasteiger partial charge in [0.05, 0.1) is 38.8 Å². The van der Waals surface area contributed by atoms with Crippen LogP contribution in [0.1, 0.15) is 59.9 Å². The normalized spacial score (nSPS) is 17.2. The number of aliphatic hydroxyl groups is 1. The van der Waals surface area contributed by atoms with E-state index in [1.807, 2.05) is 47.9 Å². The number of carbonyl (C=O) groups excluding carboxylic acids is 4. The average molecular weight is 1030 g/mol. The molecule has 1 saturated heterocycles. The van der Waals surface area contributed by atoms with E-state index >= 15 is 0 Å². The van der Waals surface area contributed by atoms with E-state index in [-0.39, 0.29) is 70.1 Å². The maximum Gasteiger partial charge on any atom is 0.317 e. The van der Waals surface area contributed by atoms with E-state index in [1.165, 1.54) is 0 Å².